The van der Waals surface area contributed by atoms with Crippen molar-refractivity contribution in [1.29, 1.82) is 0 Å². The summed E-state index contributed by atoms with van der Waals surface area (Å²) >= 11 is 0. The van der Waals surface area contributed by atoms with Gasteiger partial charge in [0.25, 0.3) is 5.91 Å². The molecule has 1 aliphatic carbocycles. The van der Waals surface area contributed by atoms with E-state index in [1.165, 1.54) is 12.8 Å². The second kappa shape index (κ2) is 7.07. The lowest BCUT2D eigenvalue weighted by atomic mass is 10.1. The van der Waals surface area contributed by atoms with Crippen molar-refractivity contribution in [3.63, 3.8) is 0 Å². The minimum absolute atomic E-state index is 0.148. The van der Waals surface area contributed by atoms with Crippen molar-refractivity contribution in [3.8, 4) is 0 Å². The van der Waals surface area contributed by atoms with Crippen LogP contribution in [-0.4, -0.2) is 74.4 Å². The second-order valence-electron chi connectivity index (χ2n) is 6.80. The minimum atomic E-state index is -0.209. The van der Waals surface area contributed by atoms with Crippen LogP contribution in [0, 0.1) is 5.92 Å². The van der Waals surface area contributed by atoms with E-state index in [0.717, 1.165) is 58.7 Å². The van der Waals surface area contributed by atoms with E-state index in [9.17, 15) is 4.79 Å². The standard InChI is InChI=1S/C16H28N2O3/c1-17-7-9-20-14(11-17)12-18(10-13-5-6-13)16(19)15-4-2-3-8-21-15/h13-15H,2-12H2,1H3/t14-,15-/m1/s1. The molecule has 3 rings (SSSR count). The van der Waals surface area contributed by atoms with Crippen LogP contribution in [-0.2, 0) is 14.3 Å². The van der Waals surface area contributed by atoms with E-state index in [1.54, 1.807) is 0 Å². The highest BCUT2D eigenvalue weighted by Crippen LogP contribution is 2.30. The van der Waals surface area contributed by atoms with Crippen LogP contribution in [0.2, 0.25) is 0 Å². The average Bonchev–Trinajstić information content (AvgIpc) is 3.31. The normalized spacial score (nSPS) is 31.1. The van der Waals surface area contributed by atoms with Crippen LogP contribution in [0.4, 0.5) is 0 Å². The van der Waals surface area contributed by atoms with Gasteiger partial charge in [-0.3, -0.25) is 4.79 Å². The van der Waals surface area contributed by atoms with Crippen LogP contribution in [0.3, 0.4) is 0 Å². The molecule has 1 amide bonds. The molecule has 0 aromatic heterocycles. The van der Waals surface area contributed by atoms with Gasteiger partial charge in [0.2, 0.25) is 0 Å². The van der Waals surface area contributed by atoms with E-state index < -0.39 is 0 Å². The molecule has 0 unspecified atom stereocenters. The molecule has 3 fully saturated rings. The molecule has 5 nitrogen and oxygen atoms in total. The number of rotatable bonds is 5. The number of morpholine rings is 1. The van der Waals surface area contributed by atoms with Crippen LogP contribution < -0.4 is 0 Å². The summed E-state index contributed by atoms with van der Waals surface area (Å²) in [5.41, 5.74) is 0. The van der Waals surface area contributed by atoms with E-state index in [0.29, 0.717) is 5.92 Å². The lowest BCUT2D eigenvalue weighted by molar-refractivity contribution is -0.149. The summed E-state index contributed by atoms with van der Waals surface area (Å²) in [7, 11) is 2.12. The van der Waals surface area contributed by atoms with Gasteiger partial charge in [0, 0.05) is 32.8 Å². The summed E-state index contributed by atoms with van der Waals surface area (Å²) in [6.45, 7) is 5.02. The number of hydrogen-bond donors (Lipinski definition) is 0. The molecule has 0 bridgehead atoms. The van der Waals surface area contributed by atoms with Gasteiger partial charge in [-0.05, 0) is 45.1 Å². The Labute approximate surface area is 127 Å². The fraction of sp³-hybridized carbons (Fsp3) is 0.938. The fourth-order valence-electron chi connectivity index (χ4n) is 3.23. The molecule has 2 heterocycles. The predicted molar refractivity (Wildman–Crippen MR) is 80.1 cm³/mol. The maximum atomic E-state index is 12.7. The van der Waals surface area contributed by atoms with Crippen LogP contribution >= 0.6 is 0 Å². The largest absolute Gasteiger partial charge is 0.374 e. The quantitative estimate of drug-likeness (QED) is 0.762. The maximum absolute atomic E-state index is 12.7. The highest BCUT2D eigenvalue weighted by atomic mass is 16.5. The molecule has 2 saturated heterocycles. The van der Waals surface area contributed by atoms with Crippen molar-refractivity contribution in [3.05, 3.63) is 0 Å². The third kappa shape index (κ3) is 4.41. The van der Waals surface area contributed by atoms with Crippen molar-refractivity contribution < 1.29 is 14.3 Å². The monoisotopic (exact) mass is 296 g/mol. The van der Waals surface area contributed by atoms with Gasteiger partial charge >= 0.3 is 0 Å². The molecule has 1 saturated carbocycles. The van der Waals surface area contributed by atoms with Crippen LogP contribution in [0.25, 0.3) is 0 Å². The smallest absolute Gasteiger partial charge is 0.251 e. The van der Waals surface area contributed by atoms with E-state index in [-0.39, 0.29) is 18.1 Å². The molecule has 5 heteroatoms. The number of nitrogens with zero attached hydrogens (tertiary/aromatic N) is 2. The van der Waals surface area contributed by atoms with Crippen LogP contribution in [0.1, 0.15) is 32.1 Å². The highest BCUT2D eigenvalue weighted by Gasteiger charge is 2.33. The maximum Gasteiger partial charge on any atom is 0.251 e. The van der Waals surface area contributed by atoms with Crippen molar-refractivity contribution >= 4 is 5.91 Å². The lowest BCUT2D eigenvalue weighted by Crippen LogP contribution is -2.50. The molecule has 0 aromatic rings. The van der Waals surface area contributed by atoms with Gasteiger partial charge in [0.1, 0.15) is 6.10 Å². The minimum Gasteiger partial charge on any atom is -0.374 e. The molecule has 2 aliphatic heterocycles. The number of carbonyl (C=O) groups is 1. The van der Waals surface area contributed by atoms with E-state index in [1.807, 2.05) is 4.90 Å². The Balaban J connectivity index is 1.57. The van der Waals surface area contributed by atoms with Crippen molar-refractivity contribution in [2.45, 2.75) is 44.3 Å². The van der Waals surface area contributed by atoms with E-state index in [2.05, 4.69) is 11.9 Å². The Hall–Kier alpha value is -0.650. The van der Waals surface area contributed by atoms with E-state index >= 15 is 0 Å². The number of amides is 1. The summed E-state index contributed by atoms with van der Waals surface area (Å²) < 4.78 is 11.5. The summed E-state index contributed by atoms with van der Waals surface area (Å²) in [5.74, 6) is 0.900. The molecular formula is C16H28N2O3. The zero-order valence-corrected chi connectivity index (χ0v) is 13.1. The van der Waals surface area contributed by atoms with Crippen molar-refractivity contribution in [2.75, 3.05) is 46.4 Å². The third-order valence-corrected chi connectivity index (χ3v) is 4.71. The second-order valence-corrected chi connectivity index (χ2v) is 6.80. The first-order valence-corrected chi connectivity index (χ1v) is 8.43. The number of carbonyl (C=O) groups excluding carboxylic acids is 1. The van der Waals surface area contributed by atoms with Gasteiger partial charge in [-0.25, -0.2) is 0 Å². The Morgan fingerprint density at radius 1 is 1.14 bits per heavy atom. The summed E-state index contributed by atoms with van der Waals surface area (Å²) in [5, 5.41) is 0. The third-order valence-electron chi connectivity index (χ3n) is 4.71. The molecule has 0 spiro atoms. The van der Waals surface area contributed by atoms with Gasteiger partial charge in [0.05, 0.1) is 12.7 Å². The molecular weight excluding hydrogens is 268 g/mol. The Bertz CT molecular complexity index is 353. The zero-order valence-electron chi connectivity index (χ0n) is 13.1. The van der Waals surface area contributed by atoms with Crippen LogP contribution in [0.15, 0.2) is 0 Å². The topological polar surface area (TPSA) is 42.0 Å². The van der Waals surface area contributed by atoms with Gasteiger partial charge in [-0.15, -0.1) is 0 Å². The SMILES string of the molecule is CN1CCO[C@@H](CN(CC2CC2)C(=O)[C@H]2CCCCO2)C1. The van der Waals surface area contributed by atoms with Crippen molar-refractivity contribution in [2.24, 2.45) is 5.92 Å². The molecule has 3 aliphatic rings. The summed E-state index contributed by atoms with van der Waals surface area (Å²) in [4.78, 5) is 17.1. The summed E-state index contributed by atoms with van der Waals surface area (Å²) in [6.07, 6.45) is 5.54. The van der Waals surface area contributed by atoms with Gasteiger partial charge < -0.3 is 19.3 Å². The molecule has 120 valence electrons. The lowest BCUT2D eigenvalue weighted by Gasteiger charge is -2.35. The van der Waals surface area contributed by atoms with Crippen LogP contribution in [0.5, 0.6) is 0 Å². The Kier molecular flexibility index (Phi) is 5.14. The summed E-state index contributed by atoms with van der Waals surface area (Å²) in [6, 6.07) is 0. The van der Waals surface area contributed by atoms with Gasteiger partial charge in [-0.2, -0.15) is 0 Å². The predicted octanol–water partition coefficient (Wildman–Crippen LogP) is 1.12. The van der Waals surface area contributed by atoms with Gasteiger partial charge in [-0.1, -0.05) is 0 Å². The number of ether oxygens (including phenoxy) is 2. The highest BCUT2D eigenvalue weighted by molar-refractivity contribution is 5.81. The fourth-order valence-corrected chi connectivity index (χ4v) is 3.23. The van der Waals surface area contributed by atoms with E-state index in [4.69, 9.17) is 9.47 Å². The number of likely N-dealkylation sites (N-methyl/N-ethyl adjacent to an activating group) is 1. The molecule has 0 radical (unpaired) electrons. The molecule has 2 atom stereocenters. The molecule has 0 N–H and O–H groups in total. The van der Waals surface area contributed by atoms with Crippen molar-refractivity contribution in [1.82, 2.24) is 9.80 Å². The molecule has 0 aromatic carbocycles. The number of hydrogen-bond acceptors (Lipinski definition) is 4. The Morgan fingerprint density at radius 2 is 2.00 bits per heavy atom. The first-order valence-electron chi connectivity index (χ1n) is 8.43. The Morgan fingerprint density at radius 3 is 2.67 bits per heavy atom. The first-order chi connectivity index (χ1) is 10.2. The molecule has 21 heavy (non-hydrogen) atoms. The zero-order chi connectivity index (χ0) is 14.7. The first kappa shape index (κ1) is 15.3. The average molecular weight is 296 g/mol. The van der Waals surface area contributed by atoms with Gasteiger partial charge in [0.15, 0.2) is 0 Å².